The second-order valence-corrected chi connectivity index (χ2v) is 5.56. The van der Waals surface area contributed by atoms with E-state index in [1.54, 1.807) is 4.90 Å². The Balaban J connectivity index is 1.69. The number of rotatable bonds is 5. The van der Waals surface area contributed by atoms with E-state index in [1.807, 2.05) is 37.3 Å². The summed E-state index contributed by atoms with van der Waals surface area (Å²) >= 11 is 0. The molecule has 8 nitrogen and oxygen atoms in total. The van der Waals surface area contributed by atoms with Crippen LogP contribution in [0, 0.1) is 0 Å². The number of benzene rings is 1. The van der Waals surface area contributed by atoms with Crippen LogP contribution in [0.3, 0.4) is 0 Å². The molecule has 0 bridgehead atoms. The summed E-state index contributed by atoms with van der Waals surface area (Å²) in [4.78, 5) is 38.1. The molecule has 2 aromatic rings. The number of hydrogen-bond donors (Lipinski definition) is 1. The van der Waals surface area contributed by atoms with E-state index in [2.05, 4.69) is 10.4 Å². The average molecular weight is 329 g/mol. The predicted octanol–water partition coefficient (Wildman–Crippen LogP) is -0.163. The minimum Gasteiger partial charge on any atom is -0.350 e. The summed E-state index contributed by atoms with van der Waals surface area (Å²) in [5.74, 6) is -0.496. The van der Waals surface area contributed by atoms with Crippen LogP contribution in [0.15, 0.2) is 35.1 Å². The maximum atomic E-state index is 12.3. The number of fused-ring (bicyclic) bond motifs is 1. The van der Waals surface area contributed by atoms with Crippen LogP contribution < -0.4 is 11.0 Å². The van der Waals surface area contributed by atoms with E-state index in [0.717, 1.165) is 10.2 Å². The Morgan fingerprint density at radius 3 is 2.67 bits per heavy atom. The maximum absolute atomic E-state index is 12.3. The van der Waals surface area contributed by atoms with Gasteiger partial charge in [-0.1, -0.05) is 30.3 Å². The highest BCUT2D eigenvalue weighted by Gasteiger charge is 2.28. The van der Waals surface area contributed by atoms with Crippen molar-refractivity contribution in [3.05, 3.63) is 52.2 Å². The van der Waals surface area contributed by atoms with Crippen molar-refractivity contribution in [2.24, 2.45) is 0 Å². The molecule has 1 aliphatic rings. The highest BCUT2D eigenvalue weighted by molar-refractivity contribution is 5.91. The monoisotopic (exact) mass is 329 g/mol. The molecule has 2 amide bonds. The molecule has 2 heterocycles. The lowest BCUT2D eigenvalue weighted by molar-refractivity contribution is -0.122. The smallest absolute Gasteiger partial charge is 0.346 e. The standard InChI is InChI=1S/C16H19N5O3/c1-2-19-8-9-20-14(15(19)23)18-21(16(20)24)11-13(22)17-10-12-6-4-3-5-7-12/h3-7H,2,8-11H2,1H3,(H,17,22). The van der Waals surface area contributed by atoms with E-state index >= 15 is 0 Å². The molecule has 0 aliphatic carbocycles. The van der Waals surface area contributed by atoms with E-state index in [4.69, 9.17) is 0 Å². The van der Waals surface area contributed by atoms with Gasteiger partial charge in [0.05, 0.1) is 0 Å². The third-order valence-corrected chi connectivity index (χ3v) is 4.00. The van der Waals surface area contributed by atoms with Crippen molar-refractivity contribution >= 4 is 11.8 Å². The van der Waals surface area contributed by atoms with E-state index in [1.165, 1.54) is 4.57 Å². The second kappa shape index (κ2) is 6.69. The highest BCUT2D eigenvalue weighted by atomic mass is 16.2. The van der Waals surface area contributed by atoms with Gasteiger partial charge in [0.15, 0.2) is 0 Å². The number of carbonyl (C=O) groups is 2. The molecule has 0 radical (unpaired) electrons. The number of nitrogens with one attached hydrogen (secondary N) is 1. The number of nitrogens with zero attached hydrogens (tertiary/aromatic N) is 4. The zero-order chi connectivity index (χ0) is 17.1. The fourth-order valence-corrected chi connectivity index (χ4v) is 2.66. The van der Waals surface area contributed by atoms with E-state index in [0.29, 0.717) is 26.2 Å². The molecule has 0 saturated heterocycles. The largest absolute Gasteiger partial charge is 0.350 e. The quantitative estimate of drug-likeness (QED) is 0.825. The van der Waals surface area contributed by atoms with Gasteiger partial charge in [-0.05, 0) is 12.5 Å². The van der Waals surface area contributed by atoms with Crippen LogP contribution in [-0.4, -0.2) is 44.2 Å². The summed E-state index contributed by atoms with van der Waals surface area (Å²) < 4.78 is 2.38. The van der Waals surface area contributed by atoms with Gasteiger partial charge in [0, 0.05) is 26.2 Å². The highest BCUT2D eigenvalue weighted by Crippen LogP contribution is 2.07. The lowest BCUT2D eigenvalue weighted by atomic mass is 10.2. The topological polar surface area (TPSA) is 89.2 Å². The van der Waals surface area contributed by atoms with E-state index in [-0.39, 0.29) is 24.2 Å². The molecule has 1 aromatic heterocycles. The van der Waals surface area contributed by atoms with Crippen molar-refractivity contribution in [3.8, 4) is 0 Å². The Kier molecular flexibility index (Phi) is 4.45. The third kappa shape index (κ3) is 3.08. The van der Waals surface area contributed by atoms with Gasteiger partial charge in [0.25, 0.3) is 5.91 Å². The summed E-state index contributed by atoms with van der Waals surface area (Å²) in [5.41, 5.74) is 0.542. The molecule has 1 aromatic carbocycles. The summed E-state index contributed by atoms with van der Waals surface area (Å²) in [6, 6.07) is 9.48. The molecule has 126 valence electrons. The minimum absolute atomic E-state index is 0.101. The van der Waals surface area contributed by atoms with Crippen LogP contribution in [0.25, 0.3) is 0 Å². The van der Waals surface area contributed by atoms with E-state index < -0.39 is 5.69 Å². The van der Waals surface area contributed by atoms with Gasteiger partial charge < -0.3 is 10.2 Å². The minimum atomic E-state index is -0.427. The Bertz CT molecular complexity index is 809. The third-order valence-electron chi connectivity index (χ3n) is 4.00. The zero-order valence-corrected chi connectivity index (χ0v) is 13.4. The molecule has 0 unspecified atom stereocenters. The molecule has 0 spiro atoms. The van der Waals surface area contributed by atoms with Crippen molar-refractivity contribution in [1.82, 2.24) is 24.6 Å². The van der Waals surface area contributed by atoms with Crippen molar-refractivity contribution in [2.75, 3.05) is 13.1 Å². The van der Waals surface area contributed by atoms with Crippen molar-refractivity contribution < 1.29 is 9.59 Å². The van der Waals surface area contributed by atoms with Gasteiger partial charge in [0.1, 0.15) is 6.54 Å². The van der Waals surface area contributed by atoms with Gasteiger partial charge in [-0.25, -0.2) is 9.48 Å². The number of aromatic nitrogens is 3. The van der Waals surface area contributed by atoms with Gasteiger partial charge >= 0.3 is 5.69 Å². The molecule has 1 aliphatic heterocycles. The second-order valence-electron chi connectivity index (χ2n) is 5.56. The van der Waals surface area contributed by atoms with Crippen molar-refractivity contribution in [3.63, 3.8) is 0 Å². The first kappa shape index (κ1) is 16.0. The zero-order valence-electron chi connectivity index (χ0n) is 13.4. The lowest BCUT2D eigenvalue weighted by Crippen LogP contribution is -2.42. The van der Waals surface area contributed by atoms with Crippen LogP contribution >= 0.6 is 0 Å². The van der Waals surface area contributed by atoms with Gasteiger partial charge in [-0.15, -0.1) is 5.10 Å². The van der Waals surface area contributed by atoms with Crippen molar-refractivity contribution in [2.45, 2.75) is 26.6 Å². The average Bonchev–Trinajstić information content (AvgIpc) is 2.91. The molecule has 0 atom stereocenters. The van der Waals surface area contributed by atoms with Gasteiger partial charge in [0.2, 0.25) is 11.7 Å². The summed E-state index contributed by atoms with van der Waals surface area (Å²) in [7, 11) is 0. The summed E-state index contributed by atoms with van der Waals surface area (Å²) in [6.45, 7) is 3.50. The number of amides is 2. The predicted molar refractivity (Wildman–Crippen MR) is 86.4 cm³/mol. The number of likely N-dealkylation sites (N-methyl/N-ethyl adjacent to an activating group) is 1. The SMILES string of the molecule is CCN1CCn2c(nn(CC(=O)NCc3ccccc3)c2=O)C1=O. The first-order valence-electron chi connectivity index (χ1n) is 7.87. The normalized spacial score (nSPS) is 13.7. The molecule has 1 N–H and O–H groups in total. The van der Waals surface area contributed by atoms with Gasteiger partial charge in [-0.2, -0.15) is 0 Å². The number of carbonyl (C=O) groups excluding carboxylic acids is 2. The Hall–Kier alpha value is -2.90. The van der Waals surface area contributed by atoms with E-state index in [9.17, 15) is 14.4 Å². The first-order chi connectivity index (χ1) is 11.6. The van der Waals surface area contributed by atoms with Crippen LogP contribution in [0.2, 0.25) is 0 Å². The molecule has 0 fully saturated rings. The maximum Gasteiger partial charge on any atom is 0.346 e. The van der Waals surface area contributed by atoms with Gasteiger partial charge in [-0.3, -0.25) is 14.2 Å². The van der Waals surface area contributed by atoms with Crippen molar-refractivity contribution in [1.29, 1.82) is 0 Å². The Labute approximate surface area is 138 Å². The lowest BCUT2D eigenvalue weighted by Gasteiger charge is -2.24. The Morgan fingerprint density at radius 2 is 1.96 bits per heavy atom. The number of hydrogen-bond acceptors (Lipinski definition) is 4. The summed E-state index contributed by atoms with van der Waals surface area (Å²) in [6.07, 6.45) is 0. The van der Waals surface area contributed by atoms with Crippen LogP contribution in [-0.2, 0) is 24.4 Å². The molecular weight excluding hydrogens is 310 g/mol. The first-order valence-corrected chi connectivity index (χ1v) is 7.87. The Morgan fingerprint density at radius 1 is 1.21 bits per heavy atom. The van der Waals surface area contributed by atoms with Crippen LogP contribution in [0.5, 0.6) is 0 Å². The fourth-order valence-electron chi connectivity index (χ4n) is 2.66. The van der Waals surface area contributed by atoms with Crippen LogP contribution in [0.1, 0.15) is 23.1 Å². The molecule has 8 heteroatoms. The molecule has 24 heavy (non-hydrogen) atoms. The summed E-state index contributed by atoms with van der Waals surface area (Å²) in [5, 5.41) is 6.78. The van der Waals surface area contributed by atoms with Crippen LogP contribution in [0.4, 0.5) is 0 Å². The fraction of sp³-hybridized carbons (Fsp3) is 0.375. The molecule has 0 saturated carbocycles. The molecular formula is C16H19N5O3. The molecule has 3 rings (SSSR count).